The highest BCUT2D eigenvalue weighted by atomic mass is 79.9. The van der Waals surface area contributed by atoms with Crippen LogP contribution >= 0.6 is 15.9 Å². The molecule has 0 aromatic heterocycles. The Morgan fingerprint density at radius 2 is 1.65 bits per heavy atom. The molecule has 2 amide bonds. The van der Waals surface area contributed by atoms with E-state index in [1.807, 2.05) is 0 Å². The monoisotopic (exact) mass is 432 g/mol. The van der Waals surface area contributed by atoms with E-state index >= 15 is 0 Å². The molecule has 26 heavy (non-hydrogen) atoms. The quantitative estimate of drug-likeness (QED) is 0.710. The van der Waals surface area contributed by atoms with Gasteiger partial charge in [0.1, 0.15) is 0 Å². The Morgan fingerprint density at radius 1 is 1.12 bits per heavy atom. The lowest BCUT2D eigenvalue weighted by atomic mass is 9.77. The number of hydrogen-bond acceptors (Lipinski definition) is 2. The summed E-state index contributed by atoms with van der Waals surface area (Å²) in [5, 5.41) is 0. The van der Waals surface area contributed by atoms with Gasteiger partial charge in [-0.05, 0) is 37.0 Å². The van der Waals surface area contributed by atoms with Crippen molar-refractivity contribution in [3.8, 4) is 0 Å². The lowest BCUT2D eigenvalue weighted by Gasteiger charge is -2.38. The number of piperidine rings is 1. The van der Waals surface area contributed by atoms with Crippen LogP contribution in [0.2, 0.25) is 0 Å². The third-order valence-electron chi connectivity index (χ3n) is 5.52. The maximum Gasteiger partial charge on any atom is 0.413 e. The maximum absolute atomic E-state index is 13.8. The van der Waals surface area contributed by atoms with Gasteiger partial charge < -0.3 is 9.80 Å². The smallest absolute Gasteiger partial charge is 0.343 e. The summed E-state index contributed by atoms with van der Waals surface area (Å²) < 4.78 is 42.1. The number of amides is 2. The SMILES string of the molecule is CC(=O)N1CCC2(CC1)CCN([C@@H](c1ccc(Br)cc1)C(F)(F)F)C2=O. The summed E-state index contributed by atoms with van der Waals surface area (Å²) >= 11 is 3.22. The first-order valence-corrected chi connectivity index (χ1v) is 9.32. The van der Waals surface area contributed by atoms with Gasteiger partial charge in [0.25, 0.3) is 0 Å². The Hall–Kier alpha value is -1.57. The van der Waals surface area contributed by atoms with E-state index in [-0.39, 0.29) is 18.0 Å². The van der Waals surface area contributed by atoms with Crippen LogP contribution in [0, 0.1) is 5.41 Å². The number of alkyl halides is 3. The van der Waals surface area contributed by atoms with E-state index in [1.165, 1.54) is 19.1 Å². The fourth-order valence-electron chi connectivity index (χ4n) is 4.00. The summed E-state index contributed by atoms with van der Waals surface area (Å²) in [6.45, 7) is 2.39. The normalized spacial score (nSPS) is 21.3. The molecule has 1 atom stereocenters. The Labute approximate surface area is 158 Å². The maximum atomic E-state index is 13.8. The van der Waals surface area contributed by atoms with Crippen molar-refractivity contribution in [2.24, 2.45) is 5.41 Å². The molecule has 0 N–H and O–H groups in total. The van der Waals surface area contributed by atoms with Crippen LogP contribution in [0.25, 0.3) is 0 Å². The minimum Gasteiger partial charge on any atom is -0.343 e. The molecule has 0 bridgehead atoms. The molecule has 8 heteroatoms. The number of nitrogens with zero attached hydrogens (tertiary/aromatic N) is 2. The van der Waals surface area contributed by atoms with Crippen LogP contribution in [0.15, 0.2) is 28.7 Å². The number of carbonyl (C=O) groups is 2. The number of hydrogen-bond donors (Lipinski definition) is 0. The number of rotatable bonds is 2. The zero-order chi connectivity index (χ0) is 19.1. The van der Waals surface area contributed by atoms with Crippen molar-refractivity contribution < 1.29 is 22.8 Å². The van der Waals surface area contributed by atoms with Crippen LogP contribution < -0.4 is 0 Å². The molecular formula is C18H20BrF3N2O2. The average Bonchev–Trinajstić information content (AvgIpc) is 2.86. The van der Waals surface area contributed by atoms with Gasteiger partial charge in [0, 0.05) is 31.0 Å². The molecule has 2 heterocycles. The molecular weight excluding hydrogens is 413 g/mol. The zero-order valence-electron chi connectivity index (χ0n) is 14.4. The predicted molar refractivity (Wildman–Crippen MR) is 93.2 cm³/mol. The van der Waals surface area contributed by atoms with Crippen LogP contribution in [0.3, 0.4) is 0 Å². The van der Waals surface area contributed by atoms with E-state index < -0.39 is 23.5 Å². The fourth-order valence-corrected chi connectivity index (χ4v) is 4.26. The fraction of sp³-hybridized carbons (Fsp3) is 0.556. The molecule has 0 aliphatic carbocycles. The van der Waals surface area contributed by atoms with Crippen molar-refractivity contribution in [3.05, 3.63) is 34.3 Å². The van der Waals surface area contributed by atoms with E-state index in [9.17, 15) is 22.8 Å². The lowest BCUT2D eigenvalue weighted by Crippen LogP contribution is -2.48. The van der Waals surface area contributed by atoms with Gasteiger partial charge in [0.2, 0.25) is 11.8 Å². The Morgan fingerprint density at radius 3 is 2.15 bits per heavy atom. The predicted octanol–water partition coefficient (Wildman–Crippen LogP) is 3.91. The molecule has 4 nitrogen and oxygen atoms in total. The second-order valence-electron chi connectivity index (χ2n) is 7.03. The minimum absolute atomic E-state index is 0.0623. The van der Waals surface area contributed by atoms with Crippen molar-refractivity contribution >= 4 is 27.7 Å². The van der Waals surface area contributed by atoms with Crippen LogP contribution in [-0.4, -0.2) is 47.4 Å². The van der Waals surface area contributed by atoms with Crippen molar-refractivity contribution in [1.29, 1.82) is 0 Å². The van der Waals surface area contributed by atoms with Gasteiger partial charge >= 0.3 is 6.18 Å². The molecule has 2 saturated heterocycles. The van der Waals surface area contributed by atoms with Gasteiger partial charge in [-0.15, -0.1) is 0 Å². The molecule has 3 rings (SSSR count). The highest BCUT2D eigenvalue weighted by Crippen LogP contribution is 2.48. The summed E-state index contributed by atoms with van der Waals surface area (Å²) in [4.78, 5) is 27.1. The van der Waals surface area contributed by atoms with Crippen molar-refractivity contribution in [1.82, 2.24) is 9.80 Å². The zero-order valence-corrected chi connectivity index (χ0v) is 15.9. The first kappa shape index (κ1) is 19.2. The van der Waals surface area contributed by atoms with Gasteiger partial charge in [-0.25, -0.2) is 0 Å². The molecule has 1 aromatic carbocycles. The van der Waals surface area contributed by atoms with E-state index in [0.29, 0.717) is 36.8 Å². The van der Waals surface area contributed by atoms with Gasteiger partial charge in [-0.2, -0.15) is 13.2 Å². The van der Waals surface area contributed by atoms with Crippen LogP contribution in [0.5, 0.6) is 0 Å². The first-order chi connectivity index (χ1) is 12.1. The summed E-state index contributed by atoms with van der Waals surface area (Å²) in [6.07, 6.45) is -3.30. The van der Waals surface area contributed by atoms with E-state index in [4.69, 9.17) is 0 Å². The second kappa shape index (κ2) is 6.87. The number of halogens is 4. The standard InChI is InChI=1S/C18H20BrF3N2O2/c1-12(25)23-9-6-17(7-10-23)8-11-24(16(17)26)15(18(20,21)22)13-2-4-14(19)5-3-13/h2-5,15H,6-11H2,1H3/t15-/m0/s1. The topological polar surface area (TPSA) is 40.6 Å². The molecule has 2 fully saturated rings. The Bertz CT molecular complexity index is 697. The number of benzene rings is 1. The highest BCUT2D eigenvalue weighted by molar-refractivity contribution is 9.10. The Kier molecular flexibility index (Phi) is 5.07. The first-order valence-electron chi connectivity index (χ1n) is 8.53. The van der Waals surface area contributed by atoms with Gasteiger partial charge in [-0.1, -0.05) is 28.1 Å². The second-order valence-corrected chi connectivity index (χ2v) is 7.95. The molecule has 2 aliphatic heterocycles. The summed E-state index contributed by atoms with van der Waals surface area (Å²) in [7, 11) is 0. The van der Waals surface area contributed by atoms with E-state index in [1.54, 1.807) is 17.0 Å². The largest absolute Gasteiger partial charge is 0.413 e. The van der Waals surface area contributed by atoms with Gasteiger partial charge in [0.15, 0.2) is 6.04 Å². The van der Waals surface area contributed by atoms with Crippen molar-refractivity contribution in [2.45, 2.75) is 38.4 Å². The lowest BCUT2D eigenvalue weighted by molar-refractivity contribution is -0.191. The van der Waals surface area contributed by atoms with Crippen molar-refractivity contribution in [3.63, 3.8) is 0 Å². The third-order valence-corrected chi connectivity index (χ3v) is 6.05. The summed E-state index contributed by atoms with van der Waals surface area (Å²) in [5.74, 6) is -0.504. The van der Waals surface area contributed by atoms with Gasteiger partial charge in [-0.3, -0.25) is 9.59 Å². The molecule has 0 unspecified atom stereocenters. The molecule has 2 aliphatic rings. The highest BCUT2D eigenvalue weighted by Gasteiger charge is 2.55. The van der Waals surface area contributed by atoms with Gasteiger partial charge in [0.05, 0.1) is 5.41 Å². The summed E-state index contributed by atoms with van der Waals surface area (Å²) in [5.41, 5.74) is -0.711. The van der Waals surface area contributed by atoms with Crippen LogP contribution in [0.1, 0.15) is 37.8 Å². The van der Waals surface area contributed by atoms with E-state index in [0.717, 1.165) is 4.90 Å². The average molecular weight is 433 g/mol. The number of carbonyl (C=O) groups excluding carboxylic acids is 2. The Balaban J connectivity index is 1.85. The molecule has 0 radical (unpaired) electrons. The van der Waals surface area contributed by atoms with Crippen LogP contribution in [-0.2, 0) is 9.59 Å². The third kappa shape index (κ3) is 3.48. The molecule has 0 saturated carbocycles. The number of likely N-dealkylation sites (tertiary alicyclic amines) is 2. The van der Waals surface area contributed by atoms with Crippen molar-refractivity contribution in [2.75, 3.05) is 19.6 Å². The summed E-state index contributed by atoms with van der Waals surface area (Å²) in [6, 6.07) is 3.97. The minimum atomic E-state index is -4.55. The molecule has 1 aromatic rings. The van der Waals surface area contributed by atoms with E-state index in [2.05, 4.69) is 15.9 Å². The molecule has 1 spiro atoms. The molecule has 142 valence electrons. The van der Waals surface area contributed by atoms with Crippen LogP contribution in [0.4, 0.5) is 13.2 Å².